The molecule has 1 aliphatic rings. The summed E-state index contributed by atoms with van der Waals surface area (Å²) in [7, 11) is 1.30. The molecule has 0 spiro atoms. The first kappa shape index (κ1) is 23.3. The predicted octanol–water partition coefficient (Wildman–Crippen LogP) is 2.72. The maximum absolute atomic E-state index is 13.2. The number of amides is 1. The van der Waals surface area contributed by atoms with Gasteiger partial charge in [-0.1, -0.05) is 6.92 Å². The summed E-state index contributed by atoms with van der Waals surface area (Å²) < 4.78 is 15.9. The number of H-pyrrole nitrogens is 1. The molecule has 32 heavy (non-hydrogen) atoms. The lowest BCUT2D eigenvalue weighted by atomic mass is 10.0. The van der Waals surface area contributed by atoms with Crippen molar-refractivity contribution in [2.45, 2.75) is 33.7 Å². The number of hydrogen-bond donors (Lipinski definition) is 2. The fourth-order valence-corrected chi connectivity index (χ4v) is 3.81. The molecule has 0 bridgehead atoms. The molecule has 9 nitrogen and oxygen atoms in total. The Morgan fingerprint density at radius 1 is 1.19 bits per heavy atom. The van der Waals surface area contributed by atoms with Crippen LogP contribution in [-0.4, -0.2) is 67.0 Å². The van der Waals surface area contributed by atoms with Crippen LogP contribution >= 0.6 is 0 Å². The molecule has 1 aromatic heterocycles. The van der Waals surface area contributed by atoms with E-state index in [0.717, 1.165) is 0 Å². The molecule has 172 valence electrons. The number of nitrogens with zero attached hydrogens (tertiary/aromatic N) is 1. The predicted molar refractivity (Wildman–Crippen MR) is 119 cm³/mol. The molecule has 2 aromatic rings. The Bertz CT molecular complexity index is 1030. The van der Waals surface area contributed by atoms with Crippen LogP contribution in [0.4, 0.5) is 5.69 Å². The quantitative estimate of drug-likeness (QED) is 0.477. The third kappa shape index (κ3) is 4.77. The van der Waals surface area contributed by atoms with E-state index in [1.54, 1.807) is 43.9 Å². The van der Waals surface area contributed by atoms with Crippen LogP contribution in [0, 0.1) is 13.8 Å². The van der Waals surface area contributed by atoms with Gasteiger partial charge in [-0.15, -0.1) is 0 Å². The number of anilines is 1. The number of hydrogen-bond acceptors (Lipinski definition) is 7. The molecule has 1 atom stereocenters. The standard InChI is InChI=1S/C23H29N3O6/c1-6-26(12-19(27)25-16-7-8-17-18(11-16)32-10-9-31-17)15(4)22(28)21-13(2)20(14(3)24-21)23(29)30-5/h7-8,11,15,24H,6,9-10,12H2,1-5H3,(H,25,27). The highest BCUT2D eigenvalue weighted by Crippen LogP contribution is 2.32. The van der Waals surface area contributed by atoms with Gasteiger partial charge in [0.2, 0.25) is 5.91 Å². The molecule has 3 rings (SSSR count). The number of likely N-dealkylation sites (N-methyl/N-ethyl adjacent to an activating group) is 1. The van der Waals surface area contributed by atoms with Crippen molar-refractivity contribution < 1.29 is 28.6 Å². The molecule has 0 radical (unpaired) electrons. The number of Topliss-reactive ketones (excluding diaryl/α,β-unsaturated/α-hetero) is 1. The van der Waals surface area contributed by atoms with Gasteiger partial charge in [-0.3, -0.25) is 14.5 Å². The lowest BCUT2D eigenvalue weighted by Gasteiger charge is -2.26. The minimum absolute atomic E-state index is 0.0282. The molecule has 2 N–H and O–H groups in total. The third-order valence-electron chi connectivity index (χ3n) is 5.58. The number of rotatable bonds is 8. The van der Waals surface area contributed by atoms with Gasteiger partial charge in [0.25, 0.3) is 0 Å². The Labute approximate surface area is 187 Å². The Hall–Kier alpha value is -3.33. The van der Waals surface area contributed by atoms with E-state index < -0.39 is 12.0 Å². The normalized spacial score (nSPS) is 13.6. The summed E-state index contributed by atoms with van der Waals surface area (Å²) >= 11 is 0. The van der Waals surface area contributed by atoms with Crippen molar-refractivity contribution in [3.63, 3.8) is 0 Å². The largest absolute Gasteiger partial charge is 0.486 e. The lowest BCUT2D eigenvalue weighted by Crippen LogP contribution is -2.43. The van der Waals surface area contributed by atoms with Crippen LogP contribution in [0.25, 0.3) is 0 Å². The molecule has 9 heteroatoms. The minimum Gasteiger partial charge on any atom is -0.486 e. The van der Waals surface area contributed by atoms with Crippen molar-refractivity contribution >= 4 is 23.3 Å². The highest BCUT2D eigenvalue weighted by molar-refractivity contribution is 6.04. The number of carbonyl (C=O) groups is 3. The average molecular weight is 444 g/mol. The summed E-state index contributed by atoms with van der Waals surface area (Å²) in [6.07, 6.45) is 0. The number of methoxy groups -OCH3 is 1. The van der Waals surface area contributed by atoms with Crippen molar-refractivity contribution in [2.24, 2.45) is 0 Å². The number of carbonyl (C=O) groups excluding carboxylic acids is 3. The maximum atomic E-state index is 13.2. The Morgan fingerprint density at radius 2 is 1.88 bits per heavy atom. The fraction of sp³-hybridized carbons (Fsp3) is 0.435. The first-order valence-electron chi connectivity index (χ1n) is 10.5. The minimum atomic E-state index is -0.576. The van der Waals surface area contributed by atoms with E-state index in [2.05, 4.69) is 10.3 Å². The Kier molecular flexibility index (Phi) is 7.19. The van der Waals surface area contributed by atoms with Crippen LogP contribution in [-0.2, 0) is 9.53 Å². The first-order chi connectivity index (χ1) is 15.3. The lowest BCUT2D eigenvalue weighted by molar-refractivity contribution is -0.117. The van der Waals surface area contributed by atoms with Crippen LogP contribution in [0.2, 0.25) is 0 Å². The number of benzene rings is 1. The molecule has 0 saturated carbocycles. The van der Waals surface area contributed by atoms with Gasteiger partial charge < -0.3 is 24.5 Å². The third-order valence-corrected chi connectivity index (χ3v) is 5.58. The van der Waals surface area contributed by atoms with Crippen molar-refractivity contribution in [2.75, 3.05) is 38.7 Å². The van der Waals surface area contributed by atoms with Gasteiger partial charge in [0.1, 0.15) is 13.2 Å². The van der Waals surface area contributed by atoms with Gasteiger partial charge in [0, 0.05) is 17.4 Å². The number of ether oxygens (including phenoxy) is 3. The van der Waals surface area contributed by atoms with E-state index in [-0.39, 0.29) is 18.2 Å². The molecular weight excluding hydrogens is 414 g/mol. The van der Waals surface area contributed by atoms with Gasteiger partial charge in [0.15, 0.2) is 17.3 Å². The smallest absolute Gasteiger partial charge is 0.339 e. The number of aryl methyl sites for hydroxylation is 1. The highest BCUT2D eigenvalue weighted by Gasteiger charge is 2.29. The zero-order chi connectivity index (χ0) is 23.4. The summed E-state index contributed by atoms with van der Waals surface area (Å²) in [5, 5.41) is 2.84. The van der Waals surface area contributed by atoms with Gasteiger partial charge in [-0.05, 0) is 45.0 Å². The highest BCUT2D eigenvalue weighted by atomic mass is 16.6. The number of nitrogens with one attached hydrogen (secondary N) is 2. The fourth-order valence-electron chi connectivity index (χ4n) is 3.81. The van der Waals surface area contributed by atoms with Gasteiger partial charge >= 0.3 is 5.97 Å². The second kappa shape index (κ2) is 9.86. The van der Waals surface area contributed by atoms with Crippen molar-refractivity contribution in [3.05, 3.63) is 40.7 Å². The number of aromatic nitrogens is 1. The summed E-state index contributed by atoms with van der Waals surface area (Å²) in [5.41, 5.74) is 2.42. The summed E-state index contributed by atoms with van der Waals surface area (Å²) in [4.78, 5) is 42.6. The van der Waals surface area contributed by atoms with E-state index in [1.165, 1.54) is 7.11 Å². The van der Waals surface area contributed by atoms with Crippen LogP contribution in [0.5, 0.6) is 11.5 Å². The molecule has 2 heterocycles. The first-order valence-corrected chi connectivity index (χ1v) is 10.5. The molecule has 1 aliphatic heterocycles. The van der Waals surface area contributed by atoms with Gasteiger partial charge in [-0.2, -0.15) is 0 Å². The van der Waals surface area contributed by atoms with Gasteiger partial charge in [-0.25, -0.2) is 4.79 Å². The van der Waals surface area contributed by atoms with Crippen LogP contribution in [0.1, 0.15) is 46.0 Å². The van der Waals surface area contributed by atoms with Crippen LogP contribution in [0.3, 0.4) is 0 Å². The molecule has 1 aromatic carbocycles. The zero-order valence-electron chi connectivity index (χ0n) is 19.0. The van der Waals surface area contributed by atoms with Crippen LogP contribution in [0.15, 0.2) is 18.2 Å². The Morgan fingerprint density at radius 3 is 2.53 bits per heavy atom. The van der Waals surface area contributed by atoms with Crippen molar-refractivity contribution in [1.82, 2.24) is 9.88 Å². The van der Waals surface area contributed by atoms with Crippen molar-refractivity contribution in [1.29, 1.82) is 0 Å². The Balaban J connectivity index is 1.69. The second-order valence-corrected chi connectivity index (χ2v) is 7.63. The number of fused-ring (bicyclic) bond motifs is 1. The summed E-state index contributed by atoms with van der Waals surface area (Å²) in [6, 6.07) is 4.64. The van der Waals surface area contributed by atoms with E-state index in [1.807, 2.05) is 6.92 Å². The average Bonchev–Trinajstić information content (AvgIpc) is 3.09. The second-order valence-electron chi connectivity index (χ2n) is 7.63. The number of aromatic amines is 1. The monoisotopic (exact) mass is 443 g/mol. The molecular formula is C23H29N3O6. The number of ketones is 1. The van der Waals surface area contributed by atoms with E-state index in [0.29, 0.717) is 59.5 Å². The van der Waals surface area contributed by atoms with Crippen LogP contribution < -0.4 is 14.8 Å². The number of esters is 1. The van der Waals surface area contributed by atoms with E-state index >= 15 is 0 Å². The molecule has 0 aliphatic carbocycles. The maximum Gasteiger partial charge on any atom is 0.339 e. The topological polar surface area (TPSA) is 110 Å². The van der Waals surface area contributed by atoms with E-state index in [4.69, 9.17) is 14.2 Å². The summed E-state index contributed by atoms with van der Waals surface area (Å²) in [6.45, 7) is 8.54. The van der Waals surface area contributed by atoms with Crippen molar-refractivity contribution in [3.8, 4) is 11.5 Å². The molecule has 1 amide bonds. The molecule has 1 unspecified atom stereocenters. The SMILES string of the molecule is CCN(CC(=O)Nc1ccc2c(c1)OCCO2)C(C)C(=O)c1[nH]c(C)c(C(=O)OC)c1C. The van der Waals surface area contributed by atoms with Gasteiger partial charge in [0.05, 0.1) is 31.0 Å². The van der Waals surface area contributed by atoms with E-state index in [9.17, 15) is 14.4 Å². The molecule has 0 saturated heterocycles. The zero-order valence-corrected chi connectivity index (χ0v) is 19.0. The molecule has 0 fully saturated rings. The summed E-state index contributed by atoms with van der Waals surface area (Å²) in [5.74, 6) is 0.289.